The number of hydrogen-bond donors (Lipinski definition) is 1. The third-order valence-electron chi connectivity index (χ3n) is 3.05. The van der Waals surface area contributed by atoms with Crippen molar-refractivity contribution in [3.63, 3.8) is 0 Å². The molecule has 0 radical (unpaired) electrons. The van der Waals surface area contributed by atoms with Crippen LogP contribution >= 0.6 is 0 Å². The quantitative estimate of drug-likeness (QED) is 0.667. The fourth-order valence-electron chi connectivity index (χ4n) is 2.08. The van der Waals surface area contributed by atoms with Crippen LogP contribution in [0.1, 0.15) is 45.4 Å². The second-order valence-corrected chi connectivity index (χ2v) is 4.27. The Bertz CT molecular complexity index is 127. The van der Waals surface area contributed by atoms with Gasteiger partial charge in [-0.3, -0.25) is 4.39 Å². The monoisotopic (exact) mass is 187 g/mol. The fourth-order valence-corrected chi connectivity index (χ4v) is 2.08. The largest absolute Gasteiger partial charge is 0.314 e. The van der Waals surface area contributed by atoms with E-state index in [1.165, 1.54) is 25.7 Å². The first-order chi connectivity index (χ1) is 6.33. The van der Waals surface area contributed by atoms with E-state index in [9.17, 15) is 4.39 Å². The predicted molar refractivity (Wildman–Crippen MR) is 54.6 cm³/mol. The Kier molecular flexibility index (Phi) is 5.37. The predicted octanol–water partition coefficient (Wildman–Crippen LogP) is 2.90. The minimum absolute atomic E-state index is 0.138. The van der Waals surface area contributed by atoms with Gasteiger partial charge in [-0.2, -0.15) is 0 Å². The summed E-state index contributed by atoms with van der Waals surface area (Å²) in [6.45, 7) is 3.27. The second-order valence-electron chi connectivity index (χ2n) is 4.27. The molecular formula is C11H22FN. The molecule has 0 saturated carbocycles. The summed E-state index contributed by atoms with van der Waals surface area (Å²) in [5.41, 5.74) is 0. The van der Waals surface area contributed by atoms with Gasteiger partial charge in [-0.25, -0.2) is 0 Å². The van der Waals surface area contributed by atoms with Gasteiger partial charge in [0.15, 0.2) is 0 Å². The Labute approximate surface area is 81.1 Å². The molecule has 0 aromatic carbocycles. The second kappa shape index (κ2) is 6.36. The van der Waals surface area contributed by atoms with Gasteiger partial charge < -0.3 is 5.32 Å². The molecule has 2 unspecified atom stereocenters. The van der Waals surface area contributed by atoms with E-state index in [1.54, 1.807) is 0 Å². The summed E-state index contributed by atoms with van der Waals surface area (Å²) in [6, 6.07) is 0.686. The number of alkyl halides is 1. The van der Waals surface area contributed by atoms with Gasteiger partial charge in [0.2, 0.25) is 0 Å². The highest BCUT2D eigenvalue weighted by Gasteiger charge is 2.14. The molecule has 0 aromatic heterocycles. The molecule has 0 aromatic rings. The summed E-state index contributed by atoms with van der Waals surface area (Å²) in [4.78, 5) is 0. The topological polar surface area (TPSA) is 12.0 Å². The lowest BCUT2D eigenvalue weighted by atomic mass is 9.94. The van der Waals surface area contributed by atoms with Gasteiger partial charge in [0.25, 0.3) is 0 Å². The lowest BCUT2D eigenvalue weighted by molar-refractivity contribution is 0.388. The minimum Gasteiger partial charge on any atom is -0.314 e. The first-order valence-corrected chi connectivity index (χ1v) is 5.62. The highest BCUT2D eigenvalue weighted by Crippen LogP contribution is 2.21. The maximum absolute atomic E-state index is 11.9. The van der Waals surface area contributed by atoms with Crippen molar-refractivity contribution < 1.29 is 4.39 Å². The molecule has 0 aliphatic carbocycles. The van der Waals surface area contributed by atoms with E-state index < -0.39 is 0 Å². The number of hydrogen-bond acceptors (Lipinski definition) is 1. The van der Waals surface area contributed by atoms with Crippen molar-refractivity contribution >= 4 is 0 Å². The summed E-state index contributed by atoms with van der Waals surface area (Å²) in [6.07, 6.45) is 6.99. The third-order valence-corrected chi connectivity index (χ3v) is 3.05. The van der Waals surface area contributed by atoms with Crippen molar-refractivity contribution in [1.29, 1.82) is 0 Å². The van der Waals surface area contributed by atoms with Crippen LogP contribution < -0.4 is 5.32 Å². The minimum atomic E-state index is -0.138. The molecule has 0 spiro atoms. The van der Waals surface area contributed by atoms with E-state index in [4.69, 9.17) is 0 Å². The summed E-state index contributed by atoms with van der Waals surface area (Å²) in [5.74, 6) is 0.851. The van der Waals surface area contributed by atoms with Crippen LogP contribution in [0.5, 0.6) is 0 Å². The number of unbranched alkanes of at least 4 members (excludes halogenated alkanes) is 1. The van der Waals surface area contributed by atoms with E-state index >= 15 is 0 Å². The summed E-state index contributed by atoms with van der Waals surface area (Å²) < 4.78 is 11.9. The van der Waals surface area contributed by atoms with Crippen LogP contribution in [-0.2, 0) is 0 Å². The molecule has 1 rings (SSSR count). The summed E-state index contributed by atoms with van der Waals surface area (Å²) >= 11 is 0. The molecule has 0 amide bonds. The van der Waals surface area contributed by atoms with E-state index in [0.29, 0.717) is 6.04 Å². The molecule has 1 fully saturated rings. The average molecular weight is 187 g/mol. The van der Waals surface area contributed by atoms with Gasteiger partial charge in [-0.1, -0.05) is 12.8 Å². The van der Waals surface area contributed by atoms with Gasteiger partial charge in [0.1, 0.15) is 0 Å². The zero-order valence-electron chi connectivity index (χ0n) is 8.69. The zero-order chi connectivity index (χ0) is 9.52. The van der Waals surface area contributed by atoms with Crippen molar-refractivity contribution in [2.45, 2.75) is 51.5 Å². The number of nitrogens with one attached hydrogen (secondary N) is 1. The van der Waals surface area contributed by atoms with E-state index in [1.807, 2.05) is 0 Å². The van der Waals surface area contributed by atoms with Crippen molar-refractivity contribution in [3.8, 4) is 0 Å². The molecular weight excluding hydrogens is 165 g/mol. The van der Waals surface area contributed by atoms with Gasteiger partial charge >= 0.3 is 0 Å². The Hall–Kier alpha value is -0.110. The van der Waals surface area contributed by atoms with Crippen LogP contribution in [0.2, 0.25) is 0 Å². The lowest BCUT2D eigenvalue weighted by Crippen LogP contribution is -2.24. The van der Waals surface area contributed by atoms with Crippen LogP contribution in [0.3, 0.4) is 0 Å². The molecule has 2 heteroatoms. The van der Waals surface area contributed by atoms with E-state index in [0.717, 1.165) is 25.3 Å². The molecule has 1 heterocycles. The molecule has 1 saturated heterocycles. The molecule has 78 valence electrons. The van der Waals surface area contributed by atoms with E-state index in [2.05, 4.69) is 12.2 Å². The van der Waals surface area contributed by atoms with Gasteiger partial charge in [0.05, 0.1) is 6.67 Å². The van der Waals surface area contributed by atoms with Crippen molar-refractivity contribution in [3.05, 3.63) is 0 Å². The summed E-state index contributed by atoms with van der Waals surface area (Å²) in [5, 5.41) is 3.49. The Morgan fingerprint density at radius 1 is 1.23 bits per heavy atom. The van der Waals surface area contributed by atoms with Crippen LogP contribution in [0, 0.1) is 5.92 Å². The average Bonchev–Trinajstić information content (AvgIpc) is 2.32. The fraction of sp³-hybridized carbons (Fsp3) is 1.00. The normalized spacial score (nSPS) is 30.0. The molecule has 13 heavy (non-hydrogen) atoms. The Balaban J connectivity index is 2.11. The number of halogens is 1. The van der Waals surface area contributed by atoms with Crippen molar-refractivity contribution in [1.82, 2.24) is 5.32 Å². The maximum atomic E-state index is 11.9. The van der Waals surface area contributed by atoms with Gasteiger partial charge in [0, 0.05) is 6.04 Å². The Morgan fingerprint density at radius 2 is 2.08 bits per heavy atom. The molecule has 1 N–H and O–H groups in total. The van der Waals surface area contributed by atoms with Crippen molar-refractivity contribution in [2.75, 3.05) is 13.2 Å². The molecule has 0 bridgehead atoms. The molecule has 1 aliphatic rings. The molecule has 1 aliphatic heterocycles. The van der Waals surface area contributed by atoms with Crippen molar-refractivity contribution in [2.24, 2.45) is 5.92 Å². The number of rotatable bonds is 4. The van der Waals surface area contributed by atoms with Gasteiger partial charge in [-0.05, 0) is 45.1 Å². The standard InChI is InChI=1S/C11H22FN/c1-10-5-6-11(7-9-13-10)4-2-3-8-12/h10-11,13H,2-9H2,1H3. The Morgan fingerprint density at radius 3 is 2.85 bits per heavy atom. The maximum Gasteiger partial charge on any atom is 0.0894 e. The first-order valence-electron chi connectivity index (χ1n) is 5.62. The lowest BCUT2D eigenvalue weighted by Gasteiger charge is -2.12. The highest BCUT2D eigenvalue weighted by atomic mass is 19.1. The van der Waals surface area contributed by atoms with Crippen LogP contribution in [0.25, 0.3) is 0 Å². The summed E-state index contributed by atoms with van der Waals surface area (Å²) in [7, 11) is 0. The van der Waals surface area contributed by atoms with Crippen LogP contribution in [-0.4, -0.2) is 19.3 Å². The SMILES string of the molecule is CC1CCC(CCCCF)CCN1. The third kappa shape index (κ3) is 4.61. The first kappa shape index (κ1) is 11.0. The zero-order valence-corrected chi connectivity index (χ0v) is 8.69. The van der Waals surface area contributed by atoms with E-state index in [-0.39, 0.29) is 6.67 Å². The molecule has 2 atom stereocenters. The highest BCUT2D eigenvalue weighted by molar-refractivity contribution is 4.71. The van der Waals surface area contributed by atoms with Gasteiger partial charge in [-0.15, -0.1) is 0 Å². The van der Waals surface area contributed by atoms with Crippen LogP contribution in [0.4, 0.5) is 4.39 Å². The smallest absolute Gasteiger partial charge is 0.0894 e. The molecule has 1 nitrogen and oxygen atoms in total. The van der Waals surface area contributed by atoms with Crippen LogP contribution in [0.15, 0.2) is 0 Å².